The molecular weight excluding hydrogens is 813 g/mol. The first-order chi connectivity index (χ1) is 31.2. The number of aliphatic hydroxyl groups is 1. The van der Waals surface area contributed by atoms with Gasteiger partial charge in [-0.05, 0) is 79.3 Å². The number of methoxy groups -OCH3 is 2. The standard InChI is InChI=1S/C50H42N6O8/c1-61-37-19-15-34(16-20-37)50(33-9-4-3-5-10-33,35-17-21-38(62-2)22-18-35)63-29-41-46(58)45(48(64-41)55-26-25-42(57)52-49(55)60)56-28-36(53-54-56)27-51-47(59)40-24-14-32-12-11-30-7-6-8-31-13-23-39(40)44(32)43(30)31/h3-26,28,41,45-46,48,58H,27,29H2,1-2H3,(H,51,59)(H,52,57,60)/t41-,45?,46?,48-/m0/s1. The third-order valence-electron chi connectivity index (χ3n) is 12.2. The van der Waals surface area contributed by atoms with Crippen LogP contribution in [0.1, 0.15) is 45.0 Å². The van der Waals surface area contributed by atoms with Crippen LogP contribution in [0.25, 0.3) is 32.3 Å². The van der Waals surface area contributed by atoms with Gasteiger partial charge in [0.2, 0.25) is 0 Å². The second-order valence-electron chi connectivity index (χ2n) is 15.7. The van der Waals surface area contributed by atoms with Gasteiger partial charge in [0.05, 0.1) is 33.6 Å². The quantitative estimate of drug-likeness (QED) is 0.0862. The fourth-order valence-corrected chi connectivity index (χ4v) is 9.03. The first kappa shape index (κ1) is 40.4. The molecule has 1 fully saturated rings. The highest BCUT2D eigenvalue weighted by Gasteiger charge is 2.49. The van der Waals surface area contributed by atoms with Crippen LogP contribution in [0, 0.1) is 0 Å². The average Bonchev–Trinajstić information content (AvgIpc) is 3.94. The first-order valence-electron chi connectivity index (χ1n) is 20.7. The number of ether oxygens (including phenoxy) is 4. The summed E-state index contributed by atoms with van der Waals surface area (Å²) in [6, 6.07) is 43.1. The molecule has 1 aliphatic rings. The summed E-state index contributed by atoms with van der Waals surface area (Å²) in [6.45, 7) is -0.153. The lowest BCUT2D eigenvalue weighted by molar-refractivity contribution is -0.0948. The zero-order valence-electron chi connectivity index (χ0n) is 34.8. The Hall–Kier alpha value is -7.65. The Bertz CT molecular complexity index is 3180. The molecule has 2 aromatic heterocycles. The van der Waals surface area contributed by atoms with E-state index in [-0.39, 0.29) is 19.1 Å². The zero-order valence-corrected chi connectivity index (χ0v) is 34.8. The van der Waals surface area contributed by atoms with Crippen LogP contribution < -0.4 is 26.0 Å². The number of hydrogen-bond donors (Lipinski definition) is 3. The molecule has 7 aromatic carbocycles. The molecule has 3 heterocycles. The van der Waals surface area contributed by atoms with Gasteiger partial charge in [-0.2, -0.15) is 0 Å². The summed E-state index contributed by atoms with van der Waals surface area (Å²) >= 11 is 0. The Morgan fingerprint density at radius 2 is 1.39 bits per heavy atom. The molecule has 1 aliphatic heterocycles. The van der Waals surface area contributed by atoms with Gasteiger partial charge in [0.15, 0.2) is 6.23 Å². The number of amides is 1. The number of nitrogens with one attached hydrogen (secondary N) is 2. The molecule has 0 bridgehead atoms. The third kappa shape index (κ3) is 7.03. The Balaban J connectivity index is 0.961. The lowest BCUT2D eigenvalue weighted by atomic mass is 9.80. The van der Waals surface area contributed by atoms with E-state index in [2.05, 4.69) is 44.9 Å². The highest BCUT2D eigenvalue weighted by atomic mass is 16.6. The van der Waals surface area contributed by atoms with Gasteiger partial charge in [-0.15, -0.1) is 5.10 Å². The molecule has 0 saturated carbocycles. The van der Waals surface area contributed by atoms with Gasteiger partial charge >= 0.3 is 5.69 Å². The Morgan fingerprint density at radius 3 is 2.05 bits per heavy atom. The molecule has 9 aromatic rings. The van der Waals surface area contributed by atoms with Crippen LogP contribution in [0.3, 0.4) is 0 Å². The van der Waals surface area contributed by atoms with E-state index in [1.54, 1.807) is 20.4 Å². The van der Waals surface area contributed by atoms with E-state index in [0.29, 0.717) is 22.8 Å². The number of hydrogen-bond acceptors (Lipinski definition) is 10. The van der Waals surface area contributed by atoms with Crippen LogP contribution in [-0.2, 0) is 21.6 Å². The number of aromatic amines is 1. The van der Waals surface area contributed by atoms with Crippen molar-refractivity contribution < 1.29 is 28.8 Å². The average molecular weight is 855 g/mol. The summed E-state index contributed by atoms with van der Waals surface area (Å²) in [5, 5.41) is 30.2. The molecular formula is C50H42N6O8. The molecule has 1 amide bonds. The van der Waals surface area contributed by atoms with Crippen molar-refractivity contribution in [3.05, 3.63) is 201 Å². The van der Waals surface area contributed by atoms with Gasteiger partial charge < -0.3 is 29.4 Å². The van der Waals surface area contributed by atoms with Gasteiger partial charge in [0, 0.05) is 17.8 Å². The second-order valence-corrected chi connectivity index (χ2v) is 15.7. The van der Waals surface area contributed by atoms with E-state index in [9.17, 15) is 19.5 Å². The molecule has 2 unspecified atom stereocenters. The minimum atomic E-state index is -1.31. The SMILES string of the molecule is COc1ccc(C(OC[C@@H]2O[C@H](n3ccc(=O)[nH]c3=O)C(n3cc(CNC(=O)c4ccc5ccc6cccc7ccc4c5c67)nn3)C2O)(c2ccccc2)c2ccc(OC)cc2)cc1. The normalized spacial score (nSPS) is 17.6. The van der Waals surface area contributed by atoms with Crippen LogP contribution in [0.4, 0.5) is 0 Å². The molecule has 0 aliphatic carbocycles. The number of H-pyrrole nitrogens is 1. The van der Waals surface area contributed by atoms with Crippen molar-refractivity contribution in [2.75, 3.05) is 20.8 Å². The predicted octanol–water partition coefficient (Wildman–Crippen LogP) is 6.48. The Kier molecular flexibility index (Phi) is 10.5. The van der Waals surface area contributed by atoms with Gasteiger partial charge in [0.1, 0.15) is 41.0 Å². The maximum atomic E-state index is 13.8. The Morgan fingerprint density at radius 1 is 0.766 bits per heavy atom. The number of carbonyl (C=O) groups is 1. The maximum Gasteiger partial charge on any atom is 0.330 e. The number of benzene rings is 7. The van der Waals surface area contributed by atoms with Gasteiger partial charge in [-0.1, -0.05) is 108 Å². The van der Waals surface area contributed by atoms with Crippen molar-refractivity contribution in [1.29, 1.82) is 0 Å². The summed E-state index contributed by atoms with van der Waals surface area (Å²) in [5.41, 5.74) is 0.686. The first-order valence-corrected chi connectivity index (χ1v) is 20.7. The topological polar surface area (TPSA) is 172 Å². The predicted molar refractivity (Wildman–Crippen MR) is 240 cm³/mol. The van der Waals surface area contributed by atoms with Crippen molar-refractivity contribution in [2.45, 2.75) is 36.6 Å². The second kappa shape index (κ2) is 16.6. The van der Waals surface area contributed by atoms with Crippen molar-refractivity contribution in [2.24, 2.45) is 0 Å². The van der Waals surface area contributed by atoms with E-state index in [1.807, 2.05) is 109 Å². The van der Waals surface area contributed by atoms with E-state index in [0.717, 1.165) is 49.0 Å². The largest absolute Gasteiger partial charge is 0.497 e. The van der Waals surface area contributed by atoms with Crippen molar-refractivity contribution in [1.82, 2.24) is 29.9 Å². The molecule has 3 N–H and O–H groups in total. The fourth-order valence-electron chi connectivity index (χ4n) is 9.03. The minimum absolute atomic E-state index is 0.0175. The molecule has 4 atom stereocenters. The number of rotatable bonds is 13. The van der Waals surface area contributed by atoms with Crippen LogP contribution in [0.5, 0.6) is 11.5 Å². The van der Waals surface area contributed by atoms with Gasteiger partial charge in [-0.25, -0.2) is 9.48 Å². The van der Waals surface area contributed by atoms with Gasteiger partial charge in [0.25, 0.3) is 11.5 Å². The van der Waals surface area contributed by atoms with E-state index in [4.69, 9.17) is 18.9 Å². The summed E-state index contributed by atoms with van der Waals surface area (Å²) in [4.78, 5) is 41.6. The van der Waals surface area contributed by atoms with E-state index in [1.165, 1.54) is 21.5 Å². The lowest BCUT2D eigenvalue weighted by Gasteiger charge is -2.37. The maximum absolute atomic E-state index is 13.8. The number of carbonyl (C=O) groups excluding carboxylic acids is 1. The molecule has 14 heteroatoms. The molecule has 64 heavy (non-hydrogen) atoms. The highest BCUT2D eigenvalue weighted by Crippen LogP contribution is 2.44. The van der Waals surface area contributed by atoms with Crippen molar-refractivity contribution in [3.8, 4) is 11.5 Å². The minimum Gasteiger partial charge on any atom is -0.497 e. The third-order valence-corrected chi connectivity index (χ3v) is 12.2. The fraction of sp³-hybridized carbons (Fsp3) is 0.180. The van der Waals surface area contributed by atoms with Crippen LogP contribution >= 0.6 is 0 Å². The van der Waals surface area contributed by atoms with Crippen molar-refractivity contribution >= 4 is 38.2 Å². The molecule has 320 valence electrons. The zero-order chi connectivity index (χ0) is 44.0. The lowest BCUT2D eigenvalue weighted by Crippen LogP contribution is -2.39. The summed E-state index contributed by atoms with van der Waals surface area (Å²) < 4.78 is 27.2. The van der Waals surface area contributed by atoms with Crippen LogP contribution in [0.15, 0.2) is 162 Å². The summed E-state index contributed by atoms with van der Waals surface area (Å²) in [5.74, 6) is 1.03. The van der Waals surface area contributed by atoms with Crippen molar-refractivity contribution in [3.63, 3.8) is 0 Å². The molecule has 0 spiro atoms. The van der Waals surface area contributed by atoms with Crippen LogP contribution in [0.2, 0.25) is 0 Å². The van der Waals surface area contributed by atoms with E-state index < -0.39 is 41.3 Å². The number of aromatic nitrogens is 5. The number of aliphatic hydroxyl groups excluding tert-OH is 1. The Labute approximate surface area is 365 Å². The molecule has 0 radical (unpaired) electrons. The van der Waals surface area contributed by atoms with Gasteiger partial charge in [-0.3, -0.25) is 19.1 Å². The summed E-state index contributed by atoms with van der Waals surface area (Å²) in [7, 11) is 3.20. The van der Waals surface area contributed by atoms with Crippen LogP contribution in [-0.4, -0.2) is 68.6 Å². The highest BCUT2D eigenvalue weighted by molar-refractivity contribution is 6.26. The summed E-state index contributed by atoms with van der Waals surface area (Å²) in [6.07, 6.45) is -0.604. The monoisotopic (exact) mass is 854 g/mol. The molecule has 10 rings (SSSR count). The van der Waals surface area contributed by atoms with E-state index >= 15 is 0 Å². The molecule has 1 saturated heterocycles. The smallest absolute Gasteiger partial charge is 0.330 e. The number of nitrogens with zero attached hydrogens (tertiary/aromatic N) is 4. The molecule has 14 nitrogen and oxygen atoms in total.